The quantitative estimate of drug-likeness (QED) is 0.811. The van der Waals surface area contributed by atoms with Gasteiger partial charge < -0.3 is 10.6 Å². The molecule has 2 saturated carbocycles. The Balaban J connectivity index is 1.55. The van der Waals surface area contributed by atoms with Crippen molar-refractivity contribution in [3.63, 3.8) is 0 Å². The smallest absolute Gasteiger partial charge is 0.319 e. The van der Waals surface area contributed by atoms with Crippen molar-refractivity contribution in [2.45, 2.75) is 38.6 Å². The zero-order chi connectivity index (χ0) is 15.0. The van der Waals surface area contributed by atoms with Crippen molar-refractivity contribution in [2.75, 3.05) is 5.32 Å². The van der Waals surface area contributed by atoms with Gasteiger partial charge in [-0.15, -0.1) is 0 Å². The standard InChI is InChI=1S/C16H20Cl2N2O/c1-9(13-7-10-2-3-11(13)6-10)19-16(21)20-12-4-5-14(17)15(18)8-12/h4-5,8-11,13H,2-3,6-7H2,1H3,(H2,19,20,21)/t9-,10-,11-,13+/m0/s1. The van der Waals surface area contributed by atoms with Gasteiger partial charge in [-0.1, -0.05) is 29.6 Å². The van der Waals surface area contributed by atoms with E-state index < -0.39 is 0 Å². The Morgan fingerprint density at radius 1 is 1.24 bits per heavy atom. The van der Waals surface area contributed by atoms with Crippen LogP contribution in [0, 0.1) is 17.8 Å². The van der Waals surface area contributed by atoms with Crippen LogP contribution in [0.15, 0.2) is 18.2 Å². The van der Waals surface area contributed by atoms with Crippen LogP contribution in [0.25, 0.3) is 0 Å². The van der Waals surface area contributed by atoms with Crippen molar-refractivity contribution in [1.29, 1.82) is 0 Å². The highest BCUT2D eigenvalue weighted by molar-refractivity contribution is 6.42. The first-order valence-corrected chi connectivity index (χ1v) is 8.31. The molecule has 0 saturated heterocycles. The van der Waals surface area contributed by atoms with Crippen LogP contribution in [0.5, 0.6) is 0 Å². The number of hydrogen-bond acceptors (Lipinski definition) is 1. The predicted octanol–water partition coefficient (Wildman–Crippen LogP) is 4.94. The number of hydrogen-bond donors (Lipinski definition) is 2. The maximum Gasteiger partial charge on any atom is 0.319 e. The Kier molecular flexibility index (Phi) is 4.32. The number of amides is 2. The first-order valence-electron chi connectivity index (χ1n) is 7.55. The molecular weight excluding hydrogens is 307 g/mol. The normalized spacial score (nSPS) is 28.4. The summed E-state index contributed by atoms with van der Waals surface area (Å²) in [6, 6.07) is 5.12. The zero-order valence-electron chi connectivity index (χ0n) is 12.0. The molecule has 5 heteroatoms. The minimum Gasteiger partial charge on any atom is -0.335 e. The summed E-state index contributed by atoms with van der Waals surface area (Å²) in [5, 5.41) is 6.80. The van der Waals surface area contributed by atoms with Crippen LogP contribution in [0.3, 0.4) is 0 Å². The minimum atomic E-state index is -0.177. The number of anilines is 1. The van der Waals surface area contributed by atoms with Gasteiger partial charge in [0.1, 0.15) is 0 Å². The second kappa shape index (κ2) is 6.05. The number of benzene rings is 1. The second-order valence-corrected chi connectivity index (χ2v) is 7.17. The molecule has 21 heavy (non-hydrogen) atoms. The highest BCUT2D eigenvalue weighted by Crippen LogP contribution is 2.49. The summed E-state index contributed by atoms with van der Waals surface area (Å²) < 4.78 is 0. The molecule has 0 aromatic heterocycles. The topological polar surface area (TPSA) is 41.1 Å². The predicted molar refractivity (Wildman–Crippen MR) is 87.0 cm³/mol. The number of nitrogens with one attached hydrogen (secondary N) is 2. The molecule has 2 fully saturated rings. The maximum absolute atomic E-state index is 12.1. The Labute approximate surface area is 135 Å². The van der Waals surface area contributed by atoms with Crippen LogP contribution in [0.2, 0.25) is 10.0 Å². The van der Waals surface area contributed by atoms with Crippen LogP contribution in [0.4, 0.5) is 10.5 Å². The molecule has 0 radical (unpaired) electrons. The Morgan fingerprint density at radius 3 is 2.67 bits per heavy atom. The van der Waals surface area contributed by atoms with Gasteiger partial charge in [0.2, 0.25) is 0 Å². The van der Waals surface area contributed by atoms with E-state index in [0.717, 1.165) is 11.8 Å². The molecule has 114 valence electrons. The third kappa shape index (κ3) is 3.29. The van der Waals surface area contributed by atoms with Crippen LogP contribution >= 0.6 is 23.2 Å². The molecule has 0 heterocycles. The number of urea groups is 1. The number of rotatable bonds is 3. The fourth-order valence-electron chi connectivity index (χ4n) is 3.96. The van der Waals surface area contributed by atoms with Gasteiger partial charge in [-0.25, -0.2) is 4.79 Å². The van der Waals surface area contributed by atoms with E-state index >= 15 is 0 Å². The molecule has 3 nitrogen and oxygen atoms in total. The average Bonchev–Trinajstić information content (AvgIpc) is 3.05. The van der Waals surface area contributed by atoms with Gasteiger partial charge in [0.05, 0.1) is 10.0 Å². The first-order chi connectivity index (χ1) is 10.0. The van der Waals surface area contributed by atoms with E-state index in [1.54, 1.807) is 18.2 Å². The molecule has 0 unspecified atom stereocenters. The second-order valence-electron chi connectivity index (χ2n) is 6.35. The highest BCUT2D eigenvalue weighted by Gasteiger charge is 2.42. The lowest BCUT2D eigenvalue weighted by atomic mass is 9.84. The summed E-state index contributed by atoms with van der Waals surface area (Å²) in [5.74, 6) is 2.32. The van der Waals surface area contributed by atoms with Gasteiger partial charge >= 0.3 is 6.03 Å². The molecule has 2 N–H and O–H groups in total. The largest absolute Gasteiger partial charge is 0.335 e. The summed E-state index contributed by atoms with van der Waals surface area (Å²) in [6.07, 6.45) is 5.32. The van der Waals surface area contributed by atoms with Crippen molar-refractivity contribution in [1.82, 2.24) is 5.32 Å². The van der Waals surface area contributed by atoms with Crippen LogP contribution in [-0.2, 0) is 0 Å². The van der Waals surface area contributed by atoms with Crippen molar-refractivity contribution < 1.29 is 4.79 Å². The SMILES string of the molecule is C[C@H](NC(=O)Nc1ccc(Cl)c(Cl)c1)[C@H]1C[C@H]2CC[C@H]1C2. The molecule has 2 aliphatic carbocycles. The van der Waals surface area contributed by atoms with Crippen molar-refractivity contribution in [3.05, 3.63) is 28.2 Å². The van der Waals surface area contributed by atoms with Crippen molar-refractivity contribution in [3.8, 4) is 0 Å². The summed E-state index contributed by atoms with van der Waals surface area (Å²) in [6.45, 7) is 2.11. The van der Waals surface area contributed by atoms with Crippen LogP contribution in [0.1, 0.15) is 32.6 Å². The minimum absolute atomic E-state index is 0.177. The Morgan fingerprint density at radius 2 is 2.05 bits per heavy atom. The van der Waals surface area contributed by atoms with E-state index in [4.69, 9.17) is 23.2 Å². The number of fused-ring (bicyclic) bond motifs is 2. The monoisotopic (exact) mass is 326 g/mol. The van der Waals surface area contributed by atoms with Crippen LogP contribution in [-0.4, -0.2) is 12.1 Å². The molecule has 0 spiro atoms. The summed E-state index contributed by atoms with van der Waals surface area (Å²) in [7, 11) is 0. The molecule has 1 aromatic rings. The first kappa shape index (κ1) is 15.0. The van der Waals surface area contributed by atoms with Gasteiger partial charge in [-0.05, 0) is 62.1 Å². The Hall–Kier alpha value is -0.930. The molecule has 4 atom stereocenters. The molecule has 2 amide bonds. The zero-order valence-corrected chi connectivity index (χ0v) is 13.5. The van der Waals surface area contributed by atoms with Gasteiger partial charge in [-0.3, -0.25) is 0 Å². The molecular formula is C16H20Cl2N2O. The van der Waals surface area contributed by atoms with Crippen molar-refractivity contribution in [2.24, 2.45) is 17.8 Å². The lowest BCUT2D eigenvalue weighted by molar-refractivity contribution is 0.230. The summed E-state index contributed by atoms with van der Waals surface area (Å²) in [4.78, 5) is 12.1. The molecule has 1 aromatic carbocycles. The number of carbonyl (C=O) groups excluding carboxylic acids is 1. The fraction of sp³-hybridized carbons (Fsp3) is 0.562. The van der Waals surface area contributed by atoms with E-state index in [1.807, 2.05) is 0 Å². The third-order valence-corrected chi connectivity index (χ3v) is 5.71. The average molecular weight is 327 g/mol. The number of carbonyl (C=O) groups is 1. The maximum atomic E-state index is 12.1. The van der Waals surface area contributed by atoms with E-state index in [-0.39, 0.29) is 12.1 Å². The van der Waals surface area contributed by atoms with E-state index in [0.29, 0.717) is 21.7 Å². The molecule has 2 bridgehead atoms. The van der Waals surface area contributed by atoms with E-state index in [1.165, 1.54) is 25.7 Å². The van der Waals surface area contributed by atoms with E-state index in [9.17, 15) is 4.79 Å². The summed E-state index contributed by atoms with van der Waals surface area (Å²) in [5.41, 5.74) is 0.655. The van der Waals surface area contributed by atoms with Crippen LogP contribution < -0.4 is 10.6 Å². The molecule has 2 aliphatic rings. The van der Waals surface area contributed by atoms with E-state index in [2.05, 4.69) is 17.6 Å². The summed E-state index contributed by atoms with van der Waals surface area (Å²) >= 11 is 11.8. The lowest BCUT2D eigenvalue weighted by Crippen LogP contribution is -2.42. The number of halogens is 2. The van der Waals surface area contributed by atoms with Crippen molar-refractivity contribution >= 4 is 34.9 Å². The van der Waals surface area contributed by atoms with Gasteiger partial charge in [-0.2, -0.15) is 0 Å². The van der Waals surface area contributed by atoms with Gasteiger partial charge in [0.25, 0.3) is 0 Å². The van der Waals surface area contributed by atoms with Gasteiger partial charge in [0.15, 0.2) is 0 Å². The molecule has 3 rings (SSSR count). The molecule has 0 aliphatic heterocycles. The fourth-order valence-corrected chi connectivity index (χ4v) is 4.26. The van der Waals surface area contributed by atoms with Gasteiger partial charge in [0, 0.05) is 11.7 Å². The third-order valence-electron chi connectivity index (χ3n) is 4.97. The Bertz CT molecular complexity index is 549. The highest BCUT2D eigenvalue weighted by atomic mass is 35.5. The lowest BCUT2D eigenvalue weighted by Gasteiger charge is -2.28.